The normalized spacial score (nSPS) is 10.8. The third-order valence-electron chi connectivity index (χ3n) is 2.88. The number of benzene rings is 1. The molecule has 96 valence electrons. The molecule has 0 radical (unpaired) electrons. The number of imidazole rings is 1. The second-order valence-corrected chi connectivity index (χ2v) is 4.90. The number of thiazole rings is 1. The molecule has 2 aromatic heterocycles. The Kier molecular flexibility index (Phi) is 2.79. The lowest BCUT2D eigenvalue weighted by molar-refractivity contribution is 0.0603. The minimum Gasteiger partial charge on any atom is -0.465 e. The van der Waals surface area contributed by atoms with Crippen LogP contribution in [0.1, 0.15) is 16.1 Å². The maximum absolute atomic E-state index is 11.7. The van der Waals surface area contributed by atoms with E-state index in [0.717, 1.165) is 21.9 Å². The monoisotopic (exact) mass is 273 g/mol. The Morgan fingerprint density at radius 3 is 2.95 bits per heavy atom. The average molecular weight is 273 g/mol. The van der Waals surface area contributed by atoms with Gasteiger partial charge in [0.1, 0.15) is 5.52 Å². The van der Waals surface area contributed by atoms with Crippen molar-refractivity contribution in [2.24, 2.45) is 0 Å². The fourth-order valence-electron chi connectivity index (χ4n) is 1.94. The lowest BCUT2D eigenvalue weighted by Gasteiger charge is -1.98. The molecular weight excluding hydrogens is 262 g/mol. The number of para-hydroxylation sites is 1. The molecule has 0 atom stereocenters. The maximum Gasteiger partial charge on any atom is 0.340 e. The second kappa shape index (κ2) is 4.47. The van der Waals surface area contributed by atoms with E-state index in [9.17, 15) is 4.79 Å². The molecule has 0 aliphatic heterocycles. The summed E-state index contributed by atoms with van der Waals surface area (Å²) in [6.45, 7) is 1.93. The fraction of sp³-hybridized carbons (Fsp3) is 0.154. The van der Waals surface area contributed by atoms with E-state index in [1.807, 2.05) is 13.0 Å². The highest BCUT2D eigenvalue weighted by Crippen LogP contribution is 2.28. The fourth-order valence-corrected chi connectivity index (χ4v) is 2.69. The lowest BCUT2D eigenvalue weighted by Crippen LogP contribution is -2.01. The van der Waals surface area contributed by atoms with Crippen molar-refractivity contribution in [1.82, 2.24) is 15.0 Å². The third-order valence-corrected chi connectivity index (χ3v) is 3.81. The SMILES string of the molecule is COC(=O)c1cccc2[nH]c(-c3scnc3C)nc12. The number of esters is 1. The van der Waals surface area contributed by atoms with Crippen LogP contribution in [0.15, 0.2) is 23.7 Å². The van der Waals surface area contributed by atoms with Crippen LogP contribution in [-0.4, -0.2) is 28.0 Å². The zero-order chi connectivity index (χ0) is 13.4. The van der Waals surface area contributed by atoms with Gasteiger partial charge in [0, 0.05) is 0 Å². The molecule has 1 N–H and O–H groups in total. The predicted molar refractivity (Wildman–Crippen MR) is 73.3 cm³/mol. The molecule has 0 saturated carbocycles. The lowest BCUT2D eigenvalue weighted by atomic mass is 10.2. The highest BCUT2D eigenvalue weighted by atomic mass is 32.1. The summed E-state index contributed by atoms with van der Waals surface area (Å²) in [5.41, 5.74) is 4.59. The van der Waals surface area contributed by atoms with Crippen molar-refractivity contribution in [2.75, 3.05) is 7.11 Å². The number of carbonyl (C=O) groups is 1. The average Bonchev–Trinajstić information content (AvgIpc) is 3.02. The van der Waals surface area contributed by atoms with Crippen LogP contribution >= 0.6 is 11.3 Å². The molecule has 6 heteroatoms. The van der Waals surface area contributed by atoms with Gasteiger partial charge in [0.15, 0.2) is 5.82 Å². The first-order chi connectivity index (χ1) is 9.20. The molecule has 5 nitrogen and oxygen atoms in total. The summed E-state index contributed by atoms with van der Waals surface area (Å²) in [7, 11) is 1.36. The molecule has 1 aromatic carbocycles. The summed E-state index contributed by atoms with van der Waals surface area (Å²) in [4.78, 5) is 24.6. The van der Waals surface area contributed by atoms with Gasteiger partial charge in [-0.05, 0) is 19.1 Å². The number of aromatic nitrogens is 3. The van der Waals surface area contributed by atoms with Crippen molar-refractivity contribution in [2.45, 2.75) is 6.92 Å². The van der Waals surface area contributed by atoms with Crippen LogP contribution in [0, 0.1) is 6.92 Å². The smallest absolute Gasteiger partial charge is 0.340 e. The Balaban J connectivity index is 2.21. The van der Waals surface area contributed by atoms with Crippen molar-refractivity contribution >= 4 is 28.3 Å². The number of fused-ring (bicyclic) bond motifs is 1. The van der Waals surface area contributed by atoms with E-state index in [-0.39, 0.29) is 5.97 Å². The van der Waals surface area contributed by atoms with E-state index >= 15 is 0 Å². The van der Waals surface area contributed by atoms with Crippen LogP contribution in [-0.2, 0) is 4.74 Å². The number of H-pyrrole nitrogens is 1. The summed E-state index contributed by atoms with van der Waals surface area (Å²) < 4.78 is 4.77. The minimum absolute atomic E-state index is 0.385. The topological polar surface area (TPSA) is 67.9 Å². The molecular formula is C13H11N3O2S. The molecule has 0 saturated heterocycles. The maximum atomic E-state index is 11.7. The third kappa shape index (κ3) is 1.90. The Hall–Kier alpha value is -2.21. The van der Waals surface area contributed by atoms with Gasteiger partial charge in [-0.15, -0.1) is 11.3 Å². The molecule has 19 heavy (non-hydrogen) atoms. The van der Waals surface area contributed by atoms with Gasteiger partial charge in [-0.2, -0.15) is 0 Å². The standard InChI is InChI=1S/C13H11N3O2S/c1-7-11(19-6-14-7)12-15-9-5-3-4-8(10(9)16-12)13(17)18-2/h3-6H,1-2H3,(H,15,16). The summed E-state index contributed by atoms with van der Waals surface area (Å²) in [5, 5.41) is 0. The number of aryl methyl sites for hydroxylation is 1. The van der Waals surface area contributed by atoms with Crippen LogP contribution in [0.5, 0.6) is 0 Å². The molecule has 3 aromatic rings. The van der Waals surface area contributed by atoms with Crippen molar-refractivity contribution < 1.29 is 9.53 Å². The van der Waals surface area contributed by atoms with Gasteiger partial charge < -0.3 is 9.72 Å². The first-order valence-electron chi connectivity index (χ1n) is 5.68. The van der Waals surface area contributed by atoms with Crippen LogP contribution in [0.2, 0.25) is 0 Å². The Labute approximate surface area is 113 Å². The summed E-state index contributed by atoms with van der Waals surface area (Å²) in [5.74, 6) is 0.344. The molecule has 0 aliphatic rings. The molecule has 0 amide bonds. The molecule has 0 unspecified atom stereocenters. The van der Waals surface area contributed by atoms with Crippen molar-refractivity contribution in [3.63, 3.8) is 0 Å². The quantitative estimate of drug-likeness (QED) is 0.729. The summed E-state index contributed by atoms with van der Waals surface area (Å²) in [6.07, 6.45) is 0. The number of carbonyl (C=O) groups excluding carboxylic acids is 1. The first-order valence-corrected chi connectivity index (χ1v) is 6.56. The van der Waals surface area contributed by atoms with Crippen molar-refractivity contribution in [3.8, 4) is 10.7 Å². The number of hydrogen-bond acceptors (Lipinski definition) is 5. The molecule has 0 spiro atoms. The predicted octanol–water partition coefficient (Wildman–Crippen LogP) is 2.78. The second-order valence-electron chi connectivity index (χ2n) is 4.05. The van der Waals surface area contributed by atoms with Crippen LogP contribution in [0.3, 0.4) is 0 Å². The number of aromatic amines is 1. The molecule has 2 heterocycles. The van der Waals surface area contributed by atoms with Gasteiger partial charge in [-0.1, -0.05) is 6.07 Å². The van der Waals surface area contributed by atoms with Crippen LogP contribution in [0.4, 0.5) is 0 Å². The van der Waals surface area contributed by atoms with E-state index in [4.69, 9.17) is 4.74 Å². The molecule has 0 bridgehead atoms. The number of nitrogens with one attached hydrogen (secondary N) is 1. The minimum atomic E-state index is -0.385. The van der Waals surface area contributed by atoms with Gasteiger partial charge >= 0.3 is 5.97 Å². The number of nitrogens with zero attached hydrogens (tertiary/aromatic N) is 2. The van der Waals surface area contributed by atoms with E-state index < -0.39 is 0 Å². The molecule has 0 fully saturated rings. The largest absolute Gasteiger partial charge is 0.465 e. The number of ether oxygens (including phenoxy) is 1. The van der Waals surface area contributed by atoms with E-state index in [1.165, 1.54) is 18.4 Å². The highest BCUT2D eigenvalue weighted by molar-refractivity contribution is 7.13. The van der Waals surface area contributed by atoms with Crippen LogP contribution < -0.4 is 0 Å². The number of hydrogen-bond donors (Lipinski definition) is 1. The van der Waals surface area contributed by atoms with E-state index in [2.05, 4.69) is 15.0 Å². The van der Waals surface area contributed by atoms with Gasteiger partial charge in [-0.25, -0.2) is 14.8 Å². The summed E-state index contributed by atoms with van der Waals surface area (Å²) in [6, 6.07) is 5.39. The van der Waals surface area contributed by atoms with Gasteiger partial charge in [0.05, 0.1) is 34.3 Å². The van der Waals surface area contributed by atoms with E-state index in [1.54, 1.807) is 17.6 Å². The van der Waals surface area contributed by atoms with Crippen molar-refractivity contribution in [1.29, 1.82) is 0 Å². The number of methoxy groups -OCH3 is 1. The van der Waals surface area contributed by atoms with Gasteiger partial charge in [0.25, 0.3) is 0 Å². The zero-order valence-corrected chi connectivity index (χ0v) is 11.2. The Bertz CT molecular complexity index is 760. The zero-order valence-electron chi connectivity index (χ0n) is 10.4. The molecule has 3 rings (SSSR count). The van der Waals surface area contributed by atoms with Crippen molar-refractivity contribution in [3.05, 3.63) is 35.0 Å². The summed E-state index contributed by atoms with van der Waals surface area (Å²) >= 11 is 1.52. The number of rotatable bonds is 2. The van der Waals surface area contributed by atoms with Gasteiger partial charge in [0.2, 0.25) is 0 Å². The van der Waals surface area contributed by atoms with Crippen LogP contribution in [0.25, 0.3) is 21.7 Å². The van der Waals surface area contributed by atoms with E-state index in [0.29, 0.717) is 11.1 Å². The van der Waals surface area contributed by atoms with Gasteiger partial charge in [-0.3, -0.25) is 0 Å². The molecule has 0 aliphatic carbocycles. The Morgan fingerprint density at radius 1 is 1.42 bits per heavy atom. The Morgan fingerprint density at radius 2 is 2.26 bits per heavy atom. The first kappa shape index (κ1) is 11.9. The highest BCUT2D eigenvalue weighted by Gasteiger charge is 2.16.